The molecule has 0 aliphatic rings. The zero-order valence-electron chi connectivity index (χ0n) is 11.2. The van der Waals surface area contributed by atoms with Gasteiger partial charge in [-0.1, -0.05) is 60.1 Å². The summed E-state index contributed by atoms with van der Waals surface area (Å²) in [7, 11) is 1.38. The first-order chi connectivity index (χ1) is 9.70. The zero-order chi connectivity index (χ0) is 14.4. The topological polar surface area (TPSA) is 26.3 Å². The Labute approximate surface area is 123 Å². The Balaban J connectivity index is 2.33. The molecular formula is C17H15ClO2. The maximum atomic E-state index is 11.9. The third-order valence-corrected chi connectivity index (χ3v) is 3.26. The summed E-state index contributed by atoms with van der Waals surface area (Å²) in [6, 6.07) is 17.2. The molecule has 0 saturated heterocycles. The molecule has 0 saturated carbocycles. The summed E-state index contributed by atoms with van der Waals surface area (Å²) < 4.78 is 4.85. The van der Waals surface area contributed by atoms with Crippen molar-refractivity contribution >= 4 is 23.6 Å². The van der Waals surface area contributed by atoms with Crippen LogP contribution < -0.4 is 0 Å². The van der Waals surface area contributed by atoms with Crippen molar-refractivity contribution in [3.8, 4) is 0 Å². The second-order valence-electron chi connectivity index (χ2n) is 4.35. The van der Waals surface area contributed by atoms with E-state index in [1.165, 1.54) is 7.11 Å². The van der Waals surface area contributed by atoms with E-state index < -0.39 is 0 Å². The fourth-order valence-corrected chi connectivity index (χ4v) is 2.10. The maximum Gasteiger partial charge on any atom is 0.334 e. The van der Waals surface area contributed by atoms with E-state index >= 15 is 0 Å². The lowest BCUT2D eigenvalue weighted by molar-refractivity contribution is -0.136. The highest BCUT2D eigenvalue weighted by atomic mass is 35.5. The summed E-state index contributed by atoms with van der Waals surface area (Å²) in [5.74, 6) is -0.339. The third kappa shape index (κ3) is 3.72. The van der Waals surface area contributed by atoms with Gasteiger partial charge in [-0.25, -0.2) is 4.79 Å². The fourth-order valence-electron chi connectivity index (χ4n) is 1.91. The monoisotopic (exact) mass is 286 g/mol. The van der Waals surface area contributed by atoms with Crippen LogP contribution in [0, 0.1) is 0 Å². The van der Waals surface area contributed by atoms with Crippen molar-refractivity contribution in [2.75, 3.05) is 7.11 Å². The van der Waals surface area contributed by atoms with Crippen molar-refractivity contribution in [2.45, 2.75) is 6.42 Å². The van der Waals surface area contributed by atoms with Crippen molar-refractivity contribution in [3.63, 3.8) is 0 Å². The lowest BCUT2D eigenvalue weighted by Gasteiger charge is -2.07. The van der Waals surface area contributed by atoms with Gasteiger partial charge < -0.3 is 4.74 Å². The molecule has 2 aromatic rings. The largest absolute Gasteiger partial charge is 0.466 e. The molecule has 0 atom stereocenters. The second-order valence-corrected chi connectivity index (χ2v) is 4.75. The van der Waals surface area contributed by atoms with E-state index in [1.807, 2.05) is 48.5 Å². The van der Waals surface area contributed by atoms with Gasteiger partial charge in [-0.2, -0.15) is 0 Å². The maximum absolute atomic E-state index is 11.9. The van der Waals surface area contributed by atoms with Gasteiger partial charge in [0.25, 0.3) is 0 Å². The molecule has 0 spiro atoms. The van der Waals surface area contributed by atoms with Gasteiger partial charge in [-0.05, 0) is 23.3 Å². The standard InChI is InChI=1S/C17H15ClO2/c1-20-17(19)15(11-13-7-3-2-4-8-13)12-14-9-5-6-10-16(14)18/h2-10,12H,11H2,1H3/b15-12+. The predicted molar refractivity (Wildman–Crippen MR) is 81.6 cm³/mol. The molecule has 2 aromatic carbocycles. The molecule has 0 heterocycles. The van der Waals surface area contributed by atoms with Crippen LogP contribution in [-0.4, -0.2) is 13.1 Å². The molecule has 2 nitrogen and oxygen atoms in total. The molecule has 0 amide bonds. The van der Waals surface area contributed by atoms with Gasteiger partial charge in [0.2, 0.25) is 0 Å². The Kier molecular flexibility index (Phi) is 4.97. The number of methoxy groups -OCH3 is 1. The van der Waals surface area contributed by atoms with Crippen molar-refractivity contribution < 1.29 is 9.53 Å². The number of carbonyl (C=O) groups excluding carboxylic acids is 1. The van der Waals surface area contributed by atoms with E-state index in [-0.39, 0.29) is 5.97 Å². The van der Waals surface area contributed by atoms with E-state index in [1.54, 1.807) is 12.1 Å². The summed E-state index contributed by atoms with van der Waals surface area (Å²) in [5.41, 5.74) is 2.44. The predicted octanol–water partition coefficient (Wildman–Crippen LogP) is 4.14. The molecule has 0 aliphatic carbocycles. The van der Waals surface area contributed by atoms with Gasteiger partial charge in [0.15, 0.2) is 0 Å². The third-order valence-electron chi connectivity index (χ3n) is 2.92. The lowest BCUT2D eigenvalue weighted by Crippen LogP contribution is -2.07. The van der Waals surface area contributed by atoms with E-state index in [9.17, 15) is 4.79 Å². The summed E-state index contributed by atoms with van der Waals surface area (Å²) in [5, 5.41) is 0.613. The Morgan fingerprint density at radius 1 is 1.10 bits per heavy atom. The number of carbonyl (C=O) groups is 1. The summed E-state index contributed by atoms with van der Waals surface area (Å²) >= 11 is 6.12. The van der Waals surface area contributed by atoms with Crippen LogP contribution in [0.4, 0.5) is 0 Å². The number of halogens is 1. The van der Waals surface area contributed by atoms with Crippen LogP contribution >= 0.6 is 11.6 Å². The highest BCUT2D eigenvalue weighted by Crippen LogP contribution is 2.20. The van der Waals surface area contributed by atoms with Crippen LogP contribution in [0.3, 0.4) is 0 Å². The number of benzene rings is 2. The van der Waals surface area contributed by atoms with E-state index in [2.05, 4.69) is 0 Å². The quantitative estimate of drug-likeness (QED) is 0.624. The van der Waals surface area contributed by atoms with E-state index in [0.29, 0.717) is 17.0 Å². The minimum Gasteiger partial charge on any atom is -0.466 e. The summed E-state index contributed by atoms with van der Waals surface area (Å²) in [6.45, 7) is 0. The Hall–Kier alpha value is -2.06. The highest BCUT2D eigenvalue weighted by molar-refractivity contribution is 6.32. The first-order valence-electron chi connectivity index (χ1n) is 6.28. The van der Waals surface area contributed by atoms with Gasteiger partial charge in [0, 0.05) is 17.0 Å². The average molecular weight is 287 g/mol. The first-order valence-corrected chi connectivity index (χ1v) is 6.66. The zero-order valence-corrected chi connectivity index (χ0v) is 11.9. The average Bonchev–Trinajstić information content (AvgIpc) is 2.49. The molecule has 3 heteroatoms. The second kappa shape index (κ2) is 6.92. The number of rotatable bonds is 4. The number of hydrogen-bond donors (Lipinski definition) is 0. The molecule has 0 N–H and O–H groups in total. The molecule has 0 aliphatic heterocycles. The Morgan fingerprint density at radius 2 is 1.75 bits per heavy atom. The Bertz CT molecular complexity index is 618. The molecule has 0 fully saturated rings. The summed E-state index contributed by atoms with van der Waals surface area (Å²) in [6.07, 6.45) is 2.29. The molecule has 0 aromatic heterocycles. The minimum absolute atomic E-state index is 0.339. The van der Waals surface area contributed by atoms with Gasteiger partial charge in [-0.15, -0.1) is 0 Å². The highest BCUT2D eigenvalue weighted by Gasteiger charge is 2.11. The smallest absolute Gasteiger partial charge is 0.334 e. The number of ether oxygens (including phenoxy) is 1. The van der Waals surface area contributed by atoms with E-state index in [0.717, 1.165) is 11.1 Å². The van der Waals surface area contributed by atoms with Crippen LogP contribution in [0.1, 0.15) is 11.1 Å². The van der Waals surface area contributed by atoms with Crippen molar-refractivity contribution in [1.82, 2.24) is 0 Å². The molecule has 0 unspecified atom stereocenters. The number of hydrogen-bond acceptors (Lipinski definition) is 2. The van der Waals surface area contributed by atoms with Crippen molar-refractivity contribution in [2.24, 2.45) is 0 Å². The first kappa shape index (κ1) is 14.4. The van der Waals surface area contributed by atoms with Crippen LogP contribution in [0.2, 0.25) is 5.02 Å². The Morgan fingerprint density at radius 3 is 2.40 bits per heavy atom. The minimum atomic E-state index is -0.339. The van der Waals surface area contributed by atoms with Crippen LogP contribution in [0.5, 0.6) is 0 Å². The van der Waals surface area contributed by atoms with E-state index in [4.69, 9.17) is 16.3 Å². The molecule has 0 bridgehead atoms. The number of esters is 1. The van der Waals surface area contributed by atoms with Gasteiger partial charge >= 0.3 is 5.97 Å². The summed E-state index contributed by atoms with van der Waals surface area (Å²) in [4.78, 5) is 11.9. The molecule has 2 rings (SSSR count). The molecule has 20 heavy (non-hydrogen) atoms. The van der Waals surface area contributed by atoms with Gasteiger partial charge in [0.05, 0.1) is 7.11 Å². The van der Waals surface area contributed by atoms with Crippen molar-refractivity contribution in [1.29, 1.82) is 0 Å². The fraction of sp³-hybridized carbons (Fsp3) is 0.118. The van der Waals surface area contributed by atoms with Crippen molar-refractivity contribution in [3.05, 3.63) is 76.3 Å². The normalized spacial score (nSPS) is 11.2. The van der Waals surface area contributed by atoms with Crippen LogP contribution in [0.25, 0.3) is 6.08 Å². The van der Waals surface area contributed by atoms with Gasteiger partial charge in [0.1, 0.15) is 0 Å². The molecule has 102 valence electrons. The molecule has 0 radical (unpaired) electrons. The van der Waals surface area contributed by atoms with Crippen LogP contribution in [0.15, 0.2) is 60.2 Å². The molecular weight excluding hydrogens is 272 g/mol. The SMILES string of the molecule is COC(=O)/C(=C/c1ccccc1Cl)Cc1ccccc1. The van der Waals surface area contributed by atoms with Gasteiger partial charge in [-0.3, -0.25) is 0 Å². The lowest BCUT2D eigenvalue weighted by atomic mass is 10.0. The van der Waals surface area contributed by atoms with Crippen LogP contribution in [-0.2, 0) is 16.0 Å².